The van der Waals surface area contributed by atoms with Crippen LogP contribution >= 0.6 is 11.3 Å². The van der Waals surface area contributed by atoms with Crippen LogP contribution in [0.2, 0.25) is 0 Å². The molecule has 1 amide bonds. The van der Waals surface area contributed by atoms with Gasteiger partial charge < -0.3 is 0 Å². The summed E-state index contributed by atoms with van der Waals surface area (Å²) in [5, 5.41) is 13.7. The molecule has 0 saturated carbocycles. The van der Waals surface area contributed by atoms with Crippen LogP contribution in [0.5, 0.6) is 0 Å². The minimum absolute atomic E-state index is 0.0651. The molecule has 3 aromatic carbocycles. The number of carbonyl (C=O) groups excluding carboxylic acids is 1. The summed E-state index contributed by atoms with van der Waals surface area (Å²) in [4.78, 5) is 28.0. The first-order chi connectivity index (χ1) is 14.9. The largest absolute Gasteiger partial charge is 0.298 e. The number of non-ortho nitro benzene ring substituents is 1. The summed E-state index contributed by atoms with van der Waals surface area (Å²) in [6.07, 6.45) is 0. The number of thiazole rings is 1. The fourth-order valence-corrected chi connectivity index (χ4v) is 3.91. The molecule has 4 aromatic rings. The lowest BCUT2D eigenvalue weighted by Gasteiger charge is -2.03. The Morgan fingerprint density at radius 1 is 0.935 bits per heavy atom. The zero-order valence-electron chi connectivity index (χ0n) is 15.7. The second kappa shape index (κ2) is 8.41. The van der Waals surface area contributed by atoms with Crippen LogP contribution in [0.3, 0.4) is 0 Å². The highest BCUT2D eigenvalue weighted by Gasteiger charge is 2.19. The summed E-state index contributed by atoms with van der Waals surface area (Å²) in [6.45, 7) is 0. The van der Waals surface area contributed by atoms with Gasteiger partial charge in [0.1, 0.15) is 11.6 Å². The van der Waals surface area contributed by atoms with Crippen LogP contribution in [-0.2, 0) is 0 Å². The van der Waals surface area contributed by atoms with Crippen molar-refractivity contribution in [1.82, 2.24) is 4.98 Å². The van der Waals surface area contributed by atoms with Gasteiger partial charge in [-0.15, -0.1) is 0 Å². The number of nitro benzene ring substituents is 1. The zero-order valence-corrected chi connectivity index (χ0v) is 16.5. The number of nitro groups is 1. The van der Waals surface area contributed by atoms with E-state index in [-0.39, 0.29) is 16.4 Å². The van der Waals surface area contributed by atoms with Gasteiger partial charge in [-0.1, -0.05) is 23.5 Å². The van der Waals surface area contributed by atoms with Crippen molar-refractivity contribution < 1.29 is 18.5 Å². The van der Waals surface area contributed by atoms with Gasteiger partial charge in [0.2, 0.25) is 0 Å². The molecular formula is C22H13F2N3O3S. The third kappa shape index (κ3) is 4.31. The van der Waals surface area contributed by atoms with Gasteiger partial charge in [-0.3, -0.25) is 20.2 Å². The number of aromatic nitrogens is 1. The second-order valence-electron chi connectivity index (χ2n) is 6.44. The maximum absolute atomic E-state index is 13.9. The Bertz CT molecular complexity index is 1270. The van der Waals surface area contributed by atoms with Crippen LogP contribution in [0.4, 0.5) is 19.6 Å². The highest BCUT2D eigenvalue weighted by atomic mass is 32.1. The molecule has 0 aliphatic carbocycles. The molecule has 0 aliphatic rings. The molecule has 1 aromatic heterocycles. The van der Waals surface area contributed by atoms with Crippen molar-refractivity contribution in [2.75, 3.05) is 5.32 Å². The van der Waals surface area contributed by atoms with E-state index in [4.69, 9.17) is 0 Å². The molecule has 1 heterocycles. The number of amides is 1. The Kier molecular flexibility index (Phi) is 5.50. The second-order valence-corrected chi connectivity index (χ2v) is 7.44. The summed E-state index contributed by atoms with van der Waals surface area (Å²) in [6, 6.07) is 17.1. The molecule has 31 heavy (non-hydrogen) atoms. The standard InChI is InChI=1S/C22H13F2N3O3S/c23-15-9-5-13(6-10-15)19-20(14-7-11-16(12-8-14)27(29)30)31-22(25-19)26-21(28)17-3-1-2-4-18(17)24/h1-12H,(H,25,26,28). The fraction of sp³-hybridized carbons (Fsp3) is 0. The van der Waals surface area contributed by atoms with Crippen LogP contribution in [0.1, 0.15) is 10.4 Å². The Morgan fingerprint density at radius 3 is 2.23 bits per heavy atom. The van der Waals surface area contributed by atoms with E-state index in [1.165, 1.54) is 42.5 Å². The SMILES string of the molecule is O=C(Nc1nc(-c2ccc(F)cc2)c(-c2ccc([N+](=O)[O-])cc2)s1)c1ccccc1F. The number of anilines is 1. The minimum atomic E-state index is -0.661. The Hall–Kier alpha value is -3.98. The van der Waals surface area contributed by atoms with Crippen molar-refractivity contribution in [2.24, 2.45) is 0 Å². The lowest BCUT2D eigenvalue weighted by atomic mass is 10.1. The number of hydrogen-bond donors (Lipinski definition) is 1. The Labute approximate surface area is 179 Å². The van der Waals surface area contributed by atoms with Crippen molar-refractivity contribution >= 4 is 28.1 Å². The van der Waals surface area contributed by atoms with Gasteiger partial charge in [0.05, 0.1) is 21.1 Å². The Balaban J connectivity index is 1.75. The van der Waals surface area contributed by atoms with Gasteiger partial charge in [-0.05, 0) is 54.1 Å². The van der Waals surface area contributed by atoms with E-state index in [1.807, 2.05) is 0 Å². The van der Waals surface area contributed by atoms with Gasteiger partial charge >= 0.3 is 0 Å². The van der Waals surface area contributed by atoms with Crippen LogP contribution in [0, 0.1) is 21.7 Å². The lowest BCUT2D eigenvalue weighted by molar-refractivity contribution is -0.384. The quantitative estimate of drug-likeness (QED) is 0.310. The number of carbonyl (C=O) groups is 1. The first-order valence-corrected chi connectivity index (χ1v) is 9.81. The average Bonchev–Trinajstić information content (AvgIpc) is 3.18. The smallest absolute Gasteiger partial charge is 0.269 e. The van der Waals surface area contributed by atoms with Crippen molar-refractivity contribution in [3.63, 3.8) is 0 Å². The molecule has 6 nitrogen and oxygen atoms in total. The zero-order chi connectivity index (χ0) is 22.0. The predicted octanol–water partition coefficient (Wildman–Crippen LogP) is 5.92. The average molecular weight is 437 g/mol. The monoisotopic (exact) mass is 437 g/mol. The maximum Gasteiger partial charge on any atom is 0.269 e. The number of rotatable bonds is 5. The normalized spacial score (nSPS) is 10.6. The summed E-state index contributed by atoms with van der Waals surface area (Å²) in [5.74, 6) is -1.73. The van der Waals surface area contributed by atoms with Gasteiger partial charge in [0.15, 0.2) is 5.13 Å². The molecule has 1 N–H and O–H groups in total. The topological polar surface area (TPSA) is 85.1 Å². The molecule has 0 bridgehead atoms. The lowest BCUT2D eigenvalue weighted by Crippen LogP contribution is -2.13. The molecule has 4 rings (SSSR count). The molecule has 9 heteroatoms. The molecule has 0 aliphatic heterocycles. The molecular weight excluding hydrogens is 424 g/mol. The molecule has 0 radical (unpaired) electrons. The summed E-state index contributed by atoms with van der Waals surface area (Å²) < 4.78 is 27.3. The third-order valence-corrected chi connectivity index (χ3v) is 5.44. The Morgan fingerprint density at radius 2 is 1.58 bits per heavy atom. The summed E-state index contributed by atoms with van der Waals surface area (Å²) in [5.41, 5.74) is 1.50. The number of nitrogens with one attached hydrogen (secondary N) is 1. The van der Waals surface area contributed by atoms with Crippen LogP contribution in [0.15, 0.2) is 72.8 Å². The number of nitrogens with zero attached hydrogens (tertiary/aromatic N) is 2. The van der Waals surface area contributed by atoms with Crippen molar-refractivity contribution in [3.8, 4) is 21.7 Å². The van der Waals surface area contributed by atoms with Crippen LogP contribution in [0.25, 0.3) is 21.7 Å². The van der Waals surface area contributed by atoms with E-state index >= 15 is 0 Å². The van der Waals surface area contributed by atoms with Gasteiger partial charge in [-0.25, -0.2) is 13.8 Å². The van der Waals surface area contributed by atoms with Gasteiger partial charge in [-0.2, -0.15) is 0 Å². The van der Waals surface area contributed by atoms with Crippen molar-refractivity contribution in [3.05, 3.63) is 100 Å². The number of hydrogen-bond acceptors (Lipinski definition) is 5. The highest BCUT2D eigenvalue weighted by molar-refractivity contribution is 7.19. The molecule has 0 saturated heterocycles. The predicted molar refractivity (Wildman–Crippen MR) is 114 cm³/mol. The van der Waals surface area contributed by atoms with Gasteiger partial charge in [0, 0.05) is 17.7 Å². The molecule has 0 fully saturated rings. The van der Waals surface area contributed by atoms with E-state index in [2.05, 4.69) is 10.3 Å². The first-order valence-electron chi connectivity index (χ1n) is 9.00. The molecule has 0 atom stereocenters. The highest BCUT2D eigenvalue weighted by Crippen LogP contribution is 2.39. The molecule has 0 unspecified atom stereocenters. The summed E-state index contributed by atoms with van der Waals surface area (Å²) in [7, 11) is 0. The van der Waals surface area contributed by atoms with Crippen LogP contribution in [-0.4, -0.2) is 15.8 Å². The van der Waals surface area contributed by atoms with Crippen molar-refractivity contribution in [2.45, 2.75) is 0 Å². The van der Waals surface area contributed by atoms with Crippen molar-refractivity contribution in [1.29, 1.82) is 0 Å². The van der Waals surface area contributed by atoms with Gasteiger partial charge in [0.25, 0.3) is 11.6 Å². The third-order valence-electron chi connectivity index (χ3n) is 4.42. The van der Waals surface area contributed by atoms with E-state index in [1.54, 1.807) is 30.3 Å². The maximum atomic E-state index is 13.9. The molecule has 0 spiro atoms. The number of halogens is 2. The van der Waals surface area contributed by atoms with Crippen LogP contribution < -0.4 is 5.32 Å². The van der Waals surface area contributed by atoms with E-state index < -0.39 is 22.5 Å². The van der Waals surface area contributed by atoms with E-state index in [0.717, 1.165) is 11.3 Å². The summed E-state index contributed by atoms with van der Waals surface area (Å²) >= 11 is 1.13. The number of benzene rings is 3. The fourth-order valence-electron chi connectivity index (χ4n) is 2.92. The first kappa shape index (κ1) is 20.3. The minimum Gasteiger partial charge on any atom is -0.298 e. The van der Waals surface area contributed by atoms with E-state index in [9.17, 15) is 23.7 Å². The molecule has 154 valence electrons. The van der Waals surface area contributed by atoms with E-state index in [0.29, 0.717) is 21.7 Å².